The summed E-state index contributed by atoms with van der Waals surface area (Å²) < 4.78 is 5.71. The third kappa shape index (κ3) is 7.54. The summed E-state index contributed by atoms with van der Waals surface area (Å²) in [5.41, 5.74) is 2.96. The number of benzene rings is 1. The van der Waals surface area contributed by atoms with Crippen LogP contribution in [0.25, 0.3) is 0 Å². The molecular weight excluding hydrogens is 525 g/mol. The van der Waals surface area contributed by atoms with Crippen LogP contribution in [0.5, 0.6) is 0 Å². The standard InChI is InChI=1S/C26H43N5O.HI/c1-3-27-25(28-21-26(11-17-32-18-12-26)31-13-4-5-14-31)29-24-9-15-30(16-10-24)20-23-8-6-7-22(2)19-23;/h6-8,19,24H,3-5,9-18,20-21H2,1-2H3,(H2,27,28,29);1H. The molecule has 0 saturated carbocycles. The molecule has 0 bridgehead atoms. The van der Waals surface area contributed by atoms with Crippen LogP contribution in [0.4, 0.5) is 0 Å². The summed E-state index contributed by atoms with van der Waals surface area (Å²) in [6, 6.07) is 9.41. The Labute approximate surface area is 217 Å². The molecule has 0 atom stereocenters. The number of rotatable bonds is 7. The molecule has 2 N–H and O–H groups in total. The molecule has 3 aliphatic heterocycles. The van der Waals surface area contributed by atoms with Gasteiger partial charge in [-0.3, -0.25) is 14.8 Å². The van der Waals surface area contributed by atoms with Gasteiger partial charge in [-0.2, -0.15) is 0 Å². The fourth-order valence-electron chi connectivity index (χ4n) is 5.56. The fourth-order valence-corrected chi connectivity index (χ4v) is 5.56. The zero-order valence-electron chi connectivity index (χ0n) is 20.7. The molecule has 1 aromatic carbocycles. The first kappa shape index (κ1) is 26.7. The monoisotopic (exact) mass is 569 g/mol. The predicted octanol–water partition coefficient (Wildman–Crippen LogP) is 3.78. The van der Waals surface area contributed by atoms with Gasteiger partial charge in [0, 0.05) is 51.0 Å². The van der Waals surface area contributed by atoms with Crippen molar-refractivity contribution in [3.05, 3.63) is 35.4 Å². The van der Waals surface area contributed by atoms with Crippen LogP contribution in [-0.4, -0.2) is 79.8 Å². The highest BCUT2D eigenvalue weighted by molar-refractivity contribution is 14.0. The SMILES string of the molecule is CCNC(=NCC1(N2CCCC2)CCOCC1)NC1CCN(Cc2cccc(C)c2)CC1.I. The molecule has 0 radical (unpaired) electrons. The molecule has 3 aliphatic rings. The molecule has 4 rings (SSSR count). The number of likely N-dealkylation sites (tertiary alicyclic amines) is 2. The van der Waals surface area contributed by atoms with Crippen molar-refractivity contribution in [2.45, 2.75) is 70.5 Å². The first-order valence-corrected chi connectivity index (χ1v) is 12.8. The topological polar surface area (TPSA) is 52.1 Å². The van der Waals surface area contributed by atoms with Crippen molar-refractivity contribution in [2.24, 2.45) is 4.99 Å². The van der Waals surface area contributed by atoms with E-state index in [4.69, 9.17) is 9.73 Å². The molecule has 0 amide bonds. The van der Waals surface area contributed by atoms with Gasteiger partial charge in [-0.15, -0.1) is 24.0 Å². The number of nitrogens with zero attached hydrogens (tertiary/aromatic N) is 3. The summed E-state index contributed by atoms with van der Waals surface area (Å²) in [6.07, 6.45) is 7.20. The Morgan fingerprint density at radius 2 is 1.85 bits per heavy atom. The Morgan fingerprint density at radius 3 is 2.52 bits per heavy atom. The normalized spacial score (nSPS) is 22.7. The second-order valence-corrected chi connectivity index (χ2v) is 9.91. The van der Waals surface area contributed by atoms with Gasteiger partial charge in [0.15, 0.2) is 5.96 Å². The van der Waals surface area contributed by atoms with Gasteiger partial charge in [-0.1, -0.05) is 29.8 Å². The van der Waals surface area contributed by atoms with E-state index in [0.717, 1.165) is 64.7 Å². The molecule has 6 nitrogen and oxygen atoms in total. The van der Waals surface area contributed by atoms with Crippen molar-refractivity contribution in [1.29, 1.82) is 0 Å². The molecule has 3 saturated heterocycles. The lowest BCUT2D eigenvalue weighted by Gasteiger charge is -2.43. The van der Waals surface area contributed by atoms with E-state index in [1.165, 1.54) is 49.9 Å². The highest BCUT2D eigenvalue weighted by Crippen LogP contribution is 2.31. The molecule has 3 heterocycles. The third-order valence-electron chi connectivity index (χ3n) is 7.49. The van der Waals surface area contributed by atoms with Gasteiger partial charge in [0.1, 0.15) is 0 Å². The van der Waals surface area contributed by atoms with Gasteiger partial charge >= 0.3 is 0 Å². The van der Waals surface area contributed by atoms with E-state index < -0.39 is 0 Å². The maximum absolute atomic E-state index is 5.71. The molecule has 1 aromatic rings. The lowest BCUT2D eigenvalue weighted by Crippen LogP contribution is -2.54. The molecule has 3 fully saturated rings. The van der Waals surface area contributed by atoms with Crippen molar-refractivity contribution in [2.75, 3.05) is 52.5 Å². The molecule has 0 aliphatic carbocycles. The largest absolute Gasteiger partial charge is 0.381 e. The van der Waals surface area contributed by atoms with Gasteiger partial charge in [0.2, 0.25) is 0 Å². The quantitative estimate of drug-likeness (QED) is 0.298. The van der Waals surface area contributed by atoms with Gasteiger partial charge < -0.3 is 15.4 Å². The van der Waals surface area contributed by atoms with E-state index in [9.17, 15) is 0 Å². The van der Waals surface area contributed by atoms with E-state index in [-0.39, 0.29) is 29.5 Å². The highest BCUT2D eigenvalue weighted by atomic mass is 127. The number of guanidine groups is 1. The molecule has 0 aromatic heterocycles. The minimum absolute atomic E-state index is 0. The Balaban J connectivity index is 0.00000306. The smallest absolute Gasteiger partial charge is 0.191 e. The minimum atomic E-state index is 0. The van der Waals surface area contributed by atoms with Crippen molar-refractivity contribution >= 4 is 29.9 Å². The van der Waals surface area contributed by atoms with Crippen LogP contribution in [0.1, 0.15) is 56.6 Å². The number of nitrogens with one attached hydrogen (secondary N) is 2. The maximum Gasteiger partial charge on any atom is 0.191 e. The molecule has 186 valence electrons. The van der Waals surface area contributed by atoms with Crippen LogP contribution < -0.4 is 10.6 Å². The van der Waals surface area contributed by atoms with Crippen molar-refractivity contribution in [3.63, 3.8) is 0 Å². The van der Waals surface area contributed by atoms with E-state index in [2.05, 4.69) is 58.5 Å². The number of hydrogen-bond acceptors (Lipinski definition) is 4. The number of aryl methyl sites for hydroxylation is 1. The summed E-state index contributed by atoms with van der Waals surface area (Å²) in [4.78, 5) is 10.4. The van der Waals surface area contributed by atoms with E-state index >= 15 is 0 Å². The van der Waals surface area contributed by atoms with Crippen LogP contribution in [0, 0.1) is 6.92 Å². The number of piperidine rings is 1. The van der Waals surface area contributed by atoms with Crippen LogP contribution in [-0.2, 0) is 11.3 Å². The Bertz CT molecular complexity index is 738. The van der Waals surface area contributed by atoms with E-state index in [1.807, 2.05) is 0 Å². The molecule has 33 heavy (non-hydrogen) atoms. The van der Waals surface area contributed by atoms with E-state index in [1.54, 1.807) is 0 Å². The second kappa shape index (κ2) is 13.3. The van der Waals surface area contributed by atoms with Gasteiger partial charge in [-0.05, 0) is 71.0 Å². The van der Waals surface area contributed by atoms with Crippen molar-refractivity contribution in [1.82, 2.24) is 20.4 Å². The molecule has 7 heteroatoms. The zero-order valence-corrected chi connectivity index (χ0v) is 23.0. The molecule has 0 unspecified atom stereocenters. The summed E-state index contributed by atoms with van der Waals surface area (Å²) in [7, 11) is 0. The average Bonchev–Trinajstić information content (AvgIpc) is 3.36. The molecule has 0 spiro atoms. The Hall–Kier alpha value is -0.900. The lowest BCUT2D eigenvalue weighted by atomic mass is 9.88. The summed E-state index contributed by atoms with van der Waals surface area (Å²) in [6.45, 7) is 13.6. The van der Waals surface area contributed by atoms with Crippen LogP contribution >= 0.6 is 24.0 Å². The van der Waals surface area contributed by atoms with Gasteiger partial charge in [0.25, 0.3) is 0 Å². The maximum atomic E-state index is 5.71. The average molecular weight is 570 g/mol. The summed E-state index contributed by atoms with van der Waals surface area (Å²) in [5, 5.41) is 7.27. The number of halogens is 1. The van der Waals surface area contributed by atoms with Crippen LogP contribution in [0.3, 0.4) is 0 Å². The van der Waals surface area contributed by atoms with E-state index in [0.29, 0.717) is 6.04 Å². The minimum Gasteiger partial charge on any atom is -0.381 e. The Kier molecular flexibility index (Phi) is 10.7. The van der Waals surface area contributed by atoms with Gasteiger partial charge in [-0.25, -0.2) is 0 Å². The first-order chi connectivity index (χ1) is 15.7. The number of hydrogen-bond donors (Lipinski definition) is 2. The summed E-state index contributed by atoms with van der Waals surface area (Å²) >= 11 is 0. The second-order valence-electron chi connectivity index (χ2n) is 9.91. The zero-order chi connectivity index (χ0) is 22.2. The predicted molar refractivity (Wildman–Crippen MR) is 148 cm³/mol. The number of aliphatic imine (C=N–C) groups is 1. The van der Waals surface area contributed by atoms with Crippen molar-refractivity contribution in [3.8, 4) is 0 Å². The van der Waals surface area contributed by atoms with Crippen LogP contribution in [0.2, 0.25) is 0 Å². The van der Waals surface area contributed by atoms with Gasteiger partial charge in [0.05, 0.1) is 6.54 Å². The fraction of sp³-hybridized carbons (Fsp3) is 0.731. The summed E-state index contributed by atoms with van der Waals surface area (Å²) in [5.74, 6) is 0.995. The van der Waals surface area contributed by atoms with Crippen molar-refractivity contribution < 1.29 is 4.74 Å². The number of ether oxygens (including phenoxy) is 1. The lowest BCUT2D eigenvalue weighted by molar-refractivity contribution is -0.0139. The molecular formula is C26H44IN5O. The Morgan fingerprint density at radius 1 is 1.12 bits per heavy atom. The van der Waals surface area contributed by atoms with Crippen LogP contribution in [0.15, 0.2) is 29.3 Å². The highest BCUT2D eigenvalue weighted by Gasteiger charge is 2.39. The third-order valence-corrected chi connectivity index (χ3v) is 7.49. The first-order valence-electron chi connectivity index (χ1n) is 12.8.